The normalized spacial score (nSPS) is 31.3. The number of amides is 1. The summed E-state index contributed by atoms with van der Waals surface area (Å²) in [7, 11) is 0. The molecule has 3 nitrogen and oxygen atoms in total. The summed E-state index contributed by atoms with van der Waals surface area (Å²) in [6.45, 7) is 0.757. The maximum Gasteiger partial charge on any atom is 0.248 e. The van der Waals surface area contributed by atoms with Gasteiger partial charge in [-0.3, -0.25) is 4.79 Å². The fourth-order valence-corrected chi connectivity index (χ4v) is 3.30. The SMILES string of the molecule is O=C(NCC1CCCC1CO)C1CCC(F)(F)CC1. The van der Waals surface area contributed by atoms with Crippen LogP contribution in [0.25, 0.3) is 0 Å². The number of halogens is 2. The van der Waals surface area contributed by atoms with Crippen LogP contribution in [0.5, 0.6) is 0 Å². The Bertz CT molecular complexity index is 313. The van der Waals surface area contributed by atoms with Gasteiger partial charge in [0.1, 0.15) is 0 Å². The lowest BCUT2D eigenvalue weighted by Gasteiger charge is -2.28. The van der Waals surface area contributed by atoms with Crippen molar-refractivity contribution in [2.24, 2.45) is 17.8 Å². The number of rotatable bonds is 4. The summed E-state index contributed by atoms with van der Waals surface area (Å²) >= 11 is 0. The van der Waals surface area contributed by atoms with Gasteiger partial charge in [-0.1, -0.05) is 6.42 Å². The van der Waals surface area contributed by atoms with Crippen molar-refractivity contribution in [3.63, 3.8) is 0 Å². The van der Waals surface area contributed by atoms with Gasteiger partial charge in [0.05, 0.1) is 0 Å². The van der Waals surface area contributed by atoms with Gasteiger partial charge in [0, 0.05) is 31.9 Å². The van der Waals surface area contributed by atoms with Crippen molar-refractivity contribution in [1.29, 1.82) is 0 Å². The molecular formula is C14H23F2NO2. The summed E-state index contributed by atoms with van der Waals surface area (Å²) in [6.07, 6.45) is 3.38. The van der Waals surface area contributed by atoms with Crippen molar-refractivity contribution in [3.05, 3.63) is 0 Å². The Morgan fingerprint density at radius 1 is 1.16 bits per heavy atom. The minimum atomic E-state index is -2.58. The maximum absolute atomic E-state index is 13.0. The summed E-state index contributed by atoms with van der Waals surface area (Å²) < 4.78 is 26.0. The molecule has 2 saturated carbocycles. The molecule has 0 spiro atoms. The molecule has 0 saturated heterocycles. The van der Waals surface area contributed by atoms with E-state index < -0.39 is 5.92 Å². The Hall–Kier alpha value is -0.710. The minimum absolute atomic E-state index is 0.0842. The number of aliphatic hydroxyl groups excluding tert-OH is 1. The molecule has 2 fully saturated rings. The maximum atomic E-state index is 13.0. The van der Waals surface area contributed by atoms with Crippen LogP contribution < -0.4 is 5.32 Å². The molecule has 2 atom stereocenters. The second-order valence-corrected chi connectivity index (χ2v) is 6.01. The van der Waals surface area contributed by atoms with Gasteiger partial charge in [0.15, 0.2) is 0 Å². The highest BCUT2D eigenvalue weighted by Gasteiger charge is 2.37. The number of hydrogen-bond acceptors (Lipinski definition) is 2. The molecule has 0 heterocycles. The van der Waals surface area contributed by atoms with Crippen molar-refractivity contribution >= 4 is 5.91 Å². The van der Waals surface area contributed by atoms with Crippen molar-refractivity contribution in [2.75, 3.05) is 13.2 Å². The van der Waals surface area contributed by atoms with E-state index in [1.165, 1.54) is 0 Å². The minimum Gasteiger partial charge on any atom is -0.396 e. The van der Waals surface area contributed by atoms with E-state index in [1.54, 1.807) is 0 Å². The summed E-state index contributed by atoms with van der Waals surface area (Å²) in [5.74, 6) is -2.29. The third-order valence-electron chi connectivity index (χ3n) is 4.68. The van der Waals surface area contributed by atoms with Gasteiger partial charge in [0.25, 0.3) is 0 Å². The summed E-state index contributed by atoms with van der Waals surface area (Å²) in [4.78, 5) is 11.9. The summed E-state index contributed by atoms with van der Waals surface area (Å²) in [5.41, 5.74) is 0. The fourth-order valence-electron chi connectivity index (χ4n) is 3.30. The fraction of sp³-hybridized carbons (Fsp3) is 0.929. The number of aliphatic hydroxyl groups is 1. The van der Waals surface area contributed by atoms with E-state index in [2.05, 4.69) is 5.32 Å². The first-order chi connectivity index (χ1) is 9.02. The number of alkyl halides is 2. The lowest BCUT2D eigenvalue weighted by molar-refractivity contribution is -0.129. The first kappa shape index (κ1) is 14.7. The zero-order valence-corrected chi connectivity index (χ0v) is 11.2. The number of hydrogen-bond donors (Lipinski definition) is 2. The predicted molar refractivity (Wildman–Crippen MR) is 67.8 cm³/mol. The predicted octanol–water partition coefficient (Wildman–Crippen LogP) is 2.34. The largest absolute Gasteiger partial charge is 0.396 e. The molecule has 0 bridgehead atoms. The third kappa shape index (κ3) is 3.88. The molecule has 2 unspecified atom stereocenters. The van der Waals surface area contributed by atoms with E-state index in [4.69, 9.17) is 0 Å². The molecule has 0 aromatic carbocycles. The topological polar surface area (TPSA) is 49.3 Å². The van der Waals surface area contributed by atoms with Crippen molar-refractivity contribution in [2.45, 2.75) is 50.9 Å². The molecule has 0 radical (unpaired) electrons. The molecule has 0 aliphatic heterocycles. The van der Waals surface area contributed by atoms with Crippen LogP contribution in [-0.2, 0) is 4.79 Å². The Morgan fingerprint density at radius 2 is 1.79 bits per heavy atom. The monoisotopic (exact) mass is 275 g/mol. The molecule has 110 valence electrons. The zero-order chi connectivity index (χ0) is 13.9. The molecule has 1 amide bonds. The summed E-state index contributed by atoms with van der Waals surface area (Å²) in [5, 5.41) is 12.1. The van der Waals surface area contributed by atoms with Crippen molar-refractivity contribution in [1.82, 2.24) is 5.32 Å². The number of carbonyl (C=O) groups is 1. The average molecular weight is 275 g/mol. The third-order valence-corrected chi connectivity index (χ3v) is 4.68. The Morgan fingerprint density at radius 3 is 2.42 bits per heavy atom. The molecule has 19 heavy (non-hydrogen) atoms. The van der Waals surface area contributed by atoms with Gasteiger partial charge in [0.2, 0.25) is 11.8 Å². The highest BCUT2D eigenvalue weighted by molar-refractivity contribution is 5.78. The van der Waals surface area contributed by atoms with Crippen LogP contribution in [0.4, 0.5) is 8.78 Å². The molecule has 2 aliphatic carbocycles. The van der Waals surface area contributed by atoms with Crippen molar-refractivity contribution in [3.8, 4) is 0 Å². The van der Waals surface area contributed by atoms with E-state index >= 15 is 0 Å². The van der Waals surface area contributed by atoms with Gasteiger partial charge < -0.3 is 10.4 Å². The molecule has 2 aliphatic rings. The highest BCUT2D eigenvalue weighted by atomic mass is 19.3. The molecular weight excluding hydrogens is 252 g/mol. The van der Waals surface area contributed by atoms with E-state index in [1.807, 2.05) is 0 Å². The molecule has 2 N–H and O–H groups in total. The lowest BCUT2D eigenvalue weighted by Crippen LogP contribution is -2.38. The lowest BCUT2D eigenvalue weighted by atomic mass is 9.86. The molecule has 5 heteroatoms. The Balaban J connectivity index is 1.73. The van der Waals surface area contributed by atoms with Crippen LogP contribution in [0, 0.1) is 17.8 Å². The van der Waals surface area contributed by atoms with Gasteiger partial charge in [-0.05, 0) is 37.5 Å². The Labute approximate surface area is 112 Å². The van der Waals surface area contributed by atoms with Crippen LogP contribution in [-0.4, -0.2) is 30.1 Å². The van der Waals surface area contributed by atoms with Crippen LogP contribution in [0.3, 0.4) is 0 Å². The quantitative estimate of drug-likeness (QED) is 0.827. The van der Waals surface area contributed by atoms with Crippen LogP contribution >= 0.6 is 0 Å². The van der Waals surface area contributed by atoms with Gasteiger partial charge in [-0.15, -0.1) is 0 Å². The molecule has 0 aromatic rings. The first-order valence-corrected chi connectivity index (χ1v) is 7.28. The van der Waals surface area contributed by atoms with Crippen LogP contribution in [0.2, 0.25) is 0 Å². The smallest absolute Gasteiger partial charge is 0.248 e. The van der Waals surface area contributed by atoms with Crippen molar-refractivity contribution < 1.29 is 18.7 Å². The van der Waals surface area contributed by atoms with E-state index in [0.717, 1.165) is 19.3 Å². The number of nitrogens with one attached hydrogen (secondary N) is 1. The molecule has 0 aromatic heterocycles. The zero-order valence-electron chi connectivity index (χ0n) is 11.2. The van der Waals surface area contributed by atoms with E-state index in [-0.39, 0.29) is 50.0 Å². The van der Waals surface area contributed by atoms with Gasteiger partial charge in [-0.25, -0.2) is 8.78 Å². The molecule has 2 rings (SSSR count). The standard InChI is InChI=1S/C14H23F2NO2/c15-14(16)6-4-10(5-7-14)13(19)17-8-11-2-1-3-12(11)9-18/h10-12,18H,1-9H2,(H,17,19). The highest BCUT2D eigenvalue weighted by Crippen LogP contribution is 2.36. The second kappa shape index (κ2) is 6.16. The Kier molecular flexibility index (Phi) is 4.76. The number of carbonyl (C=O) groups excluding carboxylic acids is 1. The van der Waals surface area contributed by atoms with E-state index in [9.17, 15) is 18.7 Å². The van der Waals surface area contributed by atoms with Gasteiger partial charge in [-0.2, -0.15) is 0 Å². The van der Waals surface area contributed by atoms with Crippen LogP contribution in [0.1, 0.15) is 44.9 Å². The van der Waals surface area contributed by atoms with Crippen LogP contribution in [0.15, 0.2) is 0 Å². The summed E-state index contributed by atoms with van der Waals surface area (Å²) in [6, 6.07) is 0. The average Bonchev–Trinajstić information content (AvgIpc) is 2.83. The van der Waals surface area contributed by atoms with E-state index in [0.29, 0.717) is 12.5 Å². The first-order valence-electron chi connectivity index (χ1n) is 7.28. The second-order valence-electron chi connectivity index (χ2n) is 6.01. The van der Waals surface area contributed by atoms with Gasteiger partial charge >= 0.3 is 0 Å².